The van der Waals surface area contributed by atoms with E-state index in [4.69, 9.17) is 4.74 Å². The molecular weight excluding hydrogens is 244 g/mol. The maximum absolute atomic E-state index is 5.77. The van der Waals surface area contributed by atoms with Crippen LogP contribution < -0.4 is 0 Å². The molecule has 1 nitrogen and oxygen atoms in total. The van der Waals surface area contributed by atoms with Crippen LogP contribution in [-0.4, -0.2) is 12.7 Å². The summed E-state index contributed by atoms with van der Waals surface area (Å²) in [6.45, 7) is 10.2. The quantitative estimate of drug-likeness (QED) is 0.353. The van der Waals surface area contributed by atoms with Crippen LogP contribution in [-0.2, 0) is 4.74 Å². The molecule has 1 rings (SSSR count). The Hall–Kier alpha value is -0.300. The highest BCUT2D eigenvalue weighted by Gasteiger charge is 2.33. The van der Waals surface area contributed by atoms with Gasteiger partial charge < -0.3 is 4.74 Å². The van der Waals surface area contributed by atoms with Crippen LogP contribution in [0.15, 0.2) is 12.2 Å². The molecule has 0 aliphatic carbocycles. The lowest BCUT2D eigenvalue weighted by molar-refractivity contribution is 0.106. The van der Waals surface area contributed by atoms with Gasteiger partial charge in [-0.15, -0.1) is 0 Å². The van der Waals surface area contributed by atoms with Crippen molar-refractivity contribution in [2.75, 3.05) is 6.61 Å². The molecule has 1 fully saturated rings. The van der Waals surface area contributed by atoms with E-state index in [1.54, 1.807) is 0 Å². The van der Waals surface area contributed by atoms with Crippen LogP contribution in [0.5, 0.6) is 0 Å². The molecule has 1 aliphatic heterocycles. The van der Waals surface area contributed by atoms with E-state index >= 15 is 0 Å². The van der Waals surface area contributed by atoms with E-state index in [1.807, 2.05) is 0 Å². The third-order valence-electron chi connectivity index (χ3n) is 5.10. The molecule has 1 saturated heterocycles. The third kappa shape index (κ3) is 6.43. The number of rotatable bonds is 10. The van der Waals surface area contributed by atoms with Gasteiger partial charge in [-0.05, 0) is 43.9 Å². The summed E-state index contributed by atoms with van der Waals surface area (Å²) in [6, 6.07) is 0. The van der Waals surface area contributed by atoms with E-state index in [-0.39, 0.29) is 0 Å². The highest BCUT2D eigenvalue weighted by Crippen LogP contribution is 2.33. The molecule has 0 N–H and O–H groups in total. The molecule has 4 unspecified atom stereocenters. The Morgan fingerprint density at radius 2 is 1.75 bits per heavy atom. The van der Waals surface area contributed by atoms with Crippen molar-refractivity contribution in [1.82, 2.24) is 0 Å². The predicted molar refractivity (Wildman–Crippen MR) is 89.0 cm³/mol. The smallest absolute Gasteiger partial charge is 0.0576 e. The van der Waals surface area contributed by atoms with Gasteiger partial charge >= 0.3 is 0 Å². The van der Waals surface area contributed by atoms with Crippen molar-refractivity contribution >= 4 is 0 Å². The molecule has 4 atom stereocenters. The number of hydrogen-bond donors (Lipinski definition) is 0. The molecule has 118 valence electrons. The van der Waals surface area contributed by atoms with E-state index in [9.17, 15) is 0 Å². The van der Waals surface area contributed by atoms with Crippen molar-refractivity contribution in [1.29, 1.82) is 0 Å². The topological polar surface area (TPSA) is 9.23 Å². The van der Waals surface area contributed by atoms with Gasteiger partial charge in [-0.2, -0.15) is 0 Å². The van der Waals surface area contributed by atoms with Gasteiger partial charge in [-0.3, -0.25) is 0 Å². The molecule has 0 amide bonds. The van der Waals surface area contributed by atoms with Crippen LogP contribution in [0.4, 0.5) is 0 Å². The fraction of sp³-hybridized carbons (Fsp3) is 0.895. The molecule has 0 aromatic rings. The van der Waals surface area contributed by atoms with E-state index in [2.05, 4.69) is 39.8 Å². The van der Waals surface area contributed by atoms with Crippen LogP contribution in [0.3, 0.4) is 0 Å². The summed E-state index contributed by atoms with van der Waals surface area (Å²) >= 11 is 0. The second-order valence-corrected chi connectivity index (χ2v) is 6.80. The summed E-state index contributed by atoms with van der Waals surface area (Å²) in [5.41, 5.74) is 0. The minimum absolute atomic E-state index is 0.453. The summed E-state index contributed by atoms with van der Waals surface area (Å²) in [6.07, 6.45) is 16.1. The Labute approximate surface area is 127 Å². The van der Waals surface area contributed by atoms with Gasteiger partial charge in [0.1, 0.15) is 0 Å². The van der Waals surface area contributed by atoms with E-state index in [0.717, 1.165) is 24.4 Å². The Bertz CT molecular complexity index is 258. The average Bonchev–Trinajstić information content (AvgIpc) is 2.77. The minimum Gasteiger partial charge on any atom is -0.378 e. The molecule has 0 aromatic carbocycles. The van der Waals surface area contributed by atoms with Crippen LogP contribution in [0, 0.1) is 17.8 Å². The highest BCUT2D eigenvalue weighted by molar-refractivity contribution is 4.88. The van der Waals surface area contributed by atoms with Crippen LogP contribution >= 0.6 is 0 Å². The SMILES string of the molecule is CCCCCCCC/C=C/CC(C)C1COC(C)C1C. The Kier molecular flexibility index (Phi) is 9.26. The average molecular weight is 280 g/mol. The zero-order chi connectivity index (χ0) is 14.8. The van der Waals surface area contributed by atoms with Gasteiger partial charge in [-0.25, -0.2) is 0 Å². The zero-order valence-corrected chi connectivity index (χ0v) is 14.2. The van der Waals surface area contributed by atoms with Gasteiger partial charge in [0.15, 0.2) is 0 Å². The molecule has 1 aliphatic rings. The molecule has 0 radical (unpaired) electrons. The first kappa shape index (κ1) is 17.8. The lowest BCUT2D eigenvalue weighted by atomic mass is 9.82. The standard InChI is InChI=1S/C19H36O/c1-5-6-7-8-9-10-11-12-13-14-16(2)19-15-20-18(4)17(19)3/h12-13,16-19H,5-11,14-15H2,1-4H3/b13-12+. The number of hydrogen-bond acceptors (Lipinski definition) is 1. The molecule has 0 saturated carbocycles. The molecule has 20 heavy (non-hydrogen) atoms. The van der Waals surface area contributed by atoms with Crippen molar-refractivity contribution in [2.24, 2.45) is 17.8 Å². The van der Waals surface area contributed by atoms with Crippen molar-refractivity contribution in [3.63, 3.8) is 0 Å². The monoisotopic (exact) mass is 280 g/mol. The lowest BCUT2D eigenvalue weighted by Crippen LogP contribution is -2.20. The number of allylic oxidation sites excluding steroid dienone is 2. The van der Waals surface area contributed by atoms with Gasteiger partial charge in [0.2, 0.25) is 0 Å². The first-order valence-electron chi connectivity index (χ1n) is 8.93. The Morgan fingerprint density at radius 3 is 2.40 bits per heavy atom. The predicted octanol–water partition coefficient (Wildman–Crippen LogP) is 5.99. The number of unbranched alkanes of at least 4 members (excludes halogenated alkanes) is 6. The van der Waals surface area contributed by atoms with Crippen molar-refractivity contribution < 1.29 is 4.74 Å². The molecule has 0 aromatic heterocycles. The zero-order valence-electron chi connectivity index (χ0n) is 14.2. The van der Waals surface area contributed by atoms with Crippen molar-refractivity contribution in [3.8, 4) is 0 Å². The summed E-state index contributed by atoms with van der Waals surface area (Å²) in [4.78, 5) is 0. The molecule has 0 spiro atoms. The first-order valence-corrected chi connectivity index (χ1v) is 8.93. The van der Waals surface area contributed by atoms with Gasteiger partial charge in [0.25, 0.3) is 0 Å². The maximum atomic E-state index is 5.77. The first-order chi connectivity index (χ1) is 9.66. The van der Waals surface area contributed by atoms with Gasteiger partial charge in [-0.1, -0.05) is 65.0 Å². The number of ether oxygens (including phenoxy) is 1. The van der Waals surface area contributed by atoms with Gasteiger partial charge in [0.05, 0.1) is 12.7 Å². The van der Waals surface area contributed by atoms with Gasteiger partial charge in [0, 0.05) is 0 Å². The fourth-order valence-electron chi connectivity index (χ4n) is 3.24. The highest BCUT2D eigenvalue weighted by atomic mass is 16.5. The van der Waals surface area contributed by atoms with Crippen LogP contribution in [0.1, 0.15) is 79.1 Å². The van der Waals surface area contributed by atoms with Crippen LogP contribution in [0.2, 0.25) is 0 Å². The normalized spacial score (nSPS) is 28.3. The third-order valence-corrected chi connectivity index (χ3v) is 5.10. The molecular formula is C19H36O. The second-order valence-electron chi connectivity index (χ2n) is 6.80. The van der Waals surface area contributed by atoms with Crippen molar-refractivity contribution in [2.45, 2.75) is 85.2 Å². The minimum atomic E-state index is 0.453. The second kappa shape index (κ2) is 10.4. The Morgan fingerprint density at radius 1 is 1.05 bits per heavy atom. The van der Waals surface area contributed by atoms with E-state index in [1.165, 1.54) is 51.4 Å². The van der Waals surface area contributed by atoms with Crippen molar-refractivity contribution in [3.05, 3.63) is 12.2 Å². The summed E-state index contributed by atoms with van der Waals surface area (Å²) in [5, 5.41) is 0. The fourth-order valence-corrected chi connectivity index (χ4v) is 3.24. The molecule has 0 bridgehead atoms. The maximum Gasteiger partial charge on any atom is 0.0576 e. The molecule has 1 heterocycles. The summed E-state index contributed by atoms with van der Waals surface area (Å²) < 4.78 is 5.77. The van der Waals surface area contributed by atoms with E-state index < -0.39 is 0 Å². The summed E-state index contributed by atoms with van der Waals surface area (Å²) in [5.74, 6) is 2.23. The summed E-state index contributed by atoms with van der Waals surface area (Å²) in [7, 11) is 0. The largest absolute Gasteiger partial charge is 0.378 e. The lowest BCUT2D eigenvalue weighted by Gasteiger charge is -2.21. The van der Waals surface area contributed by atoms with E-state index in [0.29, 0.717) is 6.10 Å². The molecule has 1 heteroatoms. The Balaban J connectivity index is 2.03. The van der Waals surface area contributed by atoms with Crippen LogP contribution in [0.25, 0.3) is 0 Å².